The zero-order valence-electron chi connectivity index (χ0n) is 12.2. The van der Waals surface area contributed by atoms with Gasteiger partial charge in [-0.15, -0.1) is 0 Å². The zero-order valence-corrected chi connectivity index (χ0v) is 13.8. The van der Waals surface area contributed by atoms with Gasteiger partial charge in [-0.3, -0.25) is 11.3 Å². The highest BCUT2D eigenvalue weighted by molar-refractivity contribution is 9.10. The molecule has 2 rings (SSSR count). The molecule has 0 aliphatic carbocycles. The Balaban J connectivity index is 2.29. The molecule has 1 unspecified atom stereocenters. The lowest BCUT2D eigenvalue weighted by Gasteiger charge is -2.35. The Hall–Kier alpha value is -1.23. The van der Waals surface area contributed by atoms with Crippen LogP contribution < -0.4 is 11.3 Å². The second-order valence-electron chi connectivity index (χ2n) is 5.75. The lowest BCUT2D eigenvalue weighted by molar-refractivity contribution is 0.341. The minimum Gasteiger partial charge on any atom is -0.271 e. The van der Waals surface area contributed by atoms with Crippen LogP contribution in [0.25, 0.3) is 0 Å². The summed E-state index contributed by atoms with van der Waals surface area (Å²) < 4.78 is 14.3. The van der Waals surface area contributed by atoms with Crippen molar-refractivity contribution in [2.75, 3.05) is 0 Å². The molecule has 0 aliphatic heterocycles. The van der Waals surface area contributed by atoms with Crippen LogP contribution in [0.3, 0.4) is 0 Å². The average molecular weight is 351 g/mol. The smallest absolute Gasteiger partial charge is 0.123 e. The van der Waals surface area contributed by atoms with E-state index in [1.54, 1.807) is 12.1 Å². The third kappa shape index (κ3) is 3.70. The summed E-state index contributed by atoms with van der Waals surface area (Å²) >= 11 is 3.48. The summed E-state index contributed by atoms with van der Waals surface area (Å²) in [5, 5.41) is 0. The maximum absolute atomic E-state index is 13.4. The van der Waals surface area contributed by atoms with Crippen molar-refractivity contribution in [2.24, 2.45) is 5.84 Å². The van der Waals surface area contributed by atoms with E-state index in [1.807, 2.05) is 18.2 Å². The zero-order chi connectivity index (χ0) is 15.5. The van der Waals surface area contributed by atoms with Crippen molar-refractivity contribution in [2.45, 2.75) is 31.7 Å². The third-order valence-corrected chi connectivity index (χ3v) is 4.80. The van der Waals surface area contributed by atoms with Gasteiger partial charge in [-0.25, -0.2) is 4.39 Å². The molecule has 2 nitrogen and oxygen atoms in total. The van der Waals surface area contributed by atoms with E-state index in [1.165, 1.54) is 11.6 Å². The van der Waals surface area contributed by atoms with Gasteiger partial charge in [-0.1, -0.05) is 60.1 Å². The highest BCUT2D eigenvalue weighted by Gasteiger charge is 2.31. The van der Waals surface area contributed by atoms with Crippen LogP contribution in [0.1, 0.15) is 25.0 Å². The van der Waals surface area contributed by atoms with E-state index in [0.29, 0.717) is 6.42 Å². The Labute approximate surface area is 133 Å². The van der Waals surface area contributed by atoms with Crippen LogP contribution in [0.2, 0.25) is 0 Å². The van der Waals surface area contributed by atoms with E-state index < -0.39 is 0 Å². The van der Waals surface area contributed by atoms with Gasteiger partial charge in [0, 0.05) is 15.9 Å². The number of hydrazine groups is 1. The molecule has 0 bridgehead atoms. The average Bonchev–Trinajstić information content (AvgIpc) is 2.48. The van der Waals surface area contributed by atoms with Crippen molar-refractivity contribution < 1.29 is 4.39 Å². The number of nitrogens with two attached hydrogens (primary N) is 1. The quantitative estimate of drug-likeness (QED) is 0.633. The molecule has 4 heteroatoms. The van der Waals surface area contributed by atoms with Crippen LogP contribution in [0.4, 0.5) is 4.39 Å². The van der Waals surface area contributed by atoms with Gasteiger partial charge in [0.05, 0.1) is 0 Å². The summed E-state index contributed by atoms with van der Waals surface area (Å²) in [6, 6.07) is 14.9. The van der Waals surface area contributed by atoms with Gasteiger partial charge in [0.15, 0.2) is 0 Å². The molecule has 2 aromatic rings. The number of benzene rings is 2. The number of nitrogens with one attached hydrogen (secondary N) is 1. The van der Waals surface area contributed by atoms with Crippen LogP contribution in [-0.2, 0) is 11.8 Å². The Morgan fingerprint density at radius 3 is 2.48 bits per heavy atom. The van der Waals surface area contributed by atoms with Crippen molar-refractivity contribution in [1.82, 2.24) is 5.43 Å². The topological polar surface area (TPSA) is 38.0 Å². The molecule has 1 atom stereocenters. The fourth-order valence-corrected chi connectivity index (χ4v) is 2.92. The van der Waals surface area contributed by atoms with Crippen molar-refractivity contribution in [1.29, 1.82) is 0 Å². The van der Waals surface area contributed by atoms with Crippen LogP contribution in [0, 0.1) is 5.82 Å². The molecule has 0 saturated heterocycles. The van der Waals surface area contributed by atoms with Crippen molar-refractivity contribution >= 4 is 15.9 Å². The minimum absolute atomic E-state index is 0.0157. The second kappa shape index (κ2) is 6.69. The first-order valence-corrected chi connectivity index (χ1v) is 7.70. The standard InChI is InChI=1S/C17H20BrFN2/c1-17(2,13-6-4-3-5-7-13)16(21-20)11-12-10-14(19)8-9-15(12)18/h3-10,16,21H,11,20H2,1-2H3. The summed E-state index contributed by atoms with van der Waals surface area (Å²) in [4.78, 5) is 0. The molecule has 0 aromatic heterocycles. The monoisotopic (exact) mass is 350 g/mol. The van der Waals surface area contributed by atoms with Crippen LogP contribution in [0.5, 0.6) is 0 Å². The van der Waals surface area contributed by atoms with E-state index in [-0.39, 0.29) is 17.3 Å². The third-order valence-electron chi connectivity index (χ3n) is 4.02. The molecule has 0 saturated carbocycles. The van der Waals surface area contributed by atoms with E-state index in [9.17, 15) is 4.39 Å². The van der Waals surface area contributed by atoms with Gasteiger partial charge >= 0.3 is 0 Å². The largest absolute Gasteiger partial charge is 0.271 e. The van der Waals surface area contributed by atoms with Gasteiger partial charge in [0.1, 0.15) is 5.82 Å². The predicted molar refractivity (Wildman–Crippen MR) is 88.4 cm³/mol. The summed E-state index contributed by atoms with van der Waals surface area (Å²) in [6.45, 7) is 4.28. The molecule has 112 valence electrons. The molecular weight excluding hydrogens is 331 g/mol. The molecule has 2 aromatic carbocycles. The van der Waals surface area contributed by atoms with Crippen LogP contribution in [-0.4, -0.2) is 6.04 Å². The summed E-state index contributed by atoms with van der Waals surface area (Å²) in [5.74, 6) is 5.54. The highest BCUT2D eigenvalue weighted by Crippen LogP contribution is 2.30. The normalized spacial score (nSPS) is 13.2. The van der Waals surface area contributed by atoms with Crippen molar-refractivity contribution in [3.63, 3.8) is 0 Å². The van der Waals surface area contributed by atoms with Crippen LogP contribution in [0.15, 0.2) is 53.0 Å². The SMILES string of the molecule is CC(C)(c1ccccc1)C(Cc1cc(F)ccc1Br)NN. The Bertz CT molecular complexity index is 599. The maximum Gasteiger partial charge on any atom is 0.123 e. The Morgan fingerprint density at radius 1 is 1.19 bits per heavy atom. The number of rotatable bonds is 5. The van der Waals surface area contributed by atoms with Gasteiger partial charge in [0.25, 0.3) is 0 Å². The first kappa shape index (κ1) is 16.1. The van der Waals surface area contributed by atoms with Crippen molar-refractivity contribution in [3.8, 4) is 0 Å². The van der Waals surface area contributed by atoms with Gasteiger partial charge in [-0.2, -0.15) is 0 Å². The Kier molecular flexibility index (Phi) is 5.14. The first-order valence-electron chi connectivity index (χ1n) is 6.90. The number of halogens is 2. The maximum atomic E-state index is 13.4. The van der Waals surface area contributed by atoms with E-state index in [4.69, 9.17) is 5.84 Å². The van der Waals surface area contributed by atoms with Gasteiger partial charge in [0.2, 0.25) is 0 Å². The van der Waals surface area contributed by atoms with Gasteiger partial charge < -0.3 is 0 Å². The predicted octanol–water partition coefficient (Wildman–Crippen LogP) is 3.94. The molecular formula is C17H20BrFN2. The molecule has 0 aliphatic rings. The fourth-order valence-electron chi connectivity index (χ4n) is 2.51. The first-order chi connectivity index (χ1) is 9.95. The lowest BCUT2D eigenvalue weighted by Crippen LogP contribution is -2.49. The molecule has 3 N–H and O–H groups in total. The summed E-state index contributed by atoms with van der Waals surface area (Å²) in [5.41, 5.74) is 4.81. The lowest BCUT2D eigenvalue weighted by atomic mass is 9.76. The fraction of sp³-hybridized carbons (Fsp3) is 0.294. The second-order valence-corrected chi connectivity index (χ2v) is 6.60. The number of hydrogen-bond donors (Lipinski definition) is 2. The molecule has 0 fully saturated rings. The molecule has 0 amide bonds. The van der Waals surface area contributed by atoms with E-state index >= 15 is 0 Å². The van der Waals surface area contributed by atoms with E-state index in [0.717, 1.165) is 10.0 Å². The van der Waals surface area contributed by atoms with Crippen LogP contribution >= 0.6 is 15.9 Å². The highest BCUT2D eigenvalue weighted by atomic mass is 79.9. The molecule has 0 spiro atoms. The molecule has 0 radical (unpaired) electrons. The van der Waals surface area contributed by atoms with E-state index in [2.05, 4.69) is 47.3 Å². The Morgan fingerprint density at radius 2 is 1.86 bits per heavy atom. The molecule has 21 heavy (non-hydrogen) atoms. The van der Waals surface area contributed by atoms with Crippen molar-refractivity contribution in [3.05, 3.63) is 69.9 Å². The molecule has 0 heterocycles. The van der Waals surface area contributed by atoms with Gasteiger partial charge in [-0.05, 0) is 35.7 Å². The minimum atomic E-state index is -0.235. The summed E-state index contributed by atoms with van der Waals surface area (Å²) in [7, 11) is 0. The summed E-state index contributed by atoms with van der Waals surface area (Å²) in [6.07, 6.45) is 0.636. The number of hydrogen-bond acceptors (Lipinski definition) is 2.